The lowest BCUT2D eigenvalue weighted by Crippen LogP contribution is -2.14. The van der Waals surface area contributed by atoms with Crippen molar-refractivity contribution in [1.82, 2.24) is 4.57 Å². The number of allylic oxidation sites excluding steroid dienone is 1. The lowest BCUT2D eigenvalue weighted by Gasteiger charge is -2.08. The Bertz CT molecular complexity index is 974. The molecule has 26 heavy (non-hydrogen) atoms. The molecule has 134 valence electrons. The van der Waals surface area contributed by atoms with Crippen LogP contribution in [0.2, 0.25) is 5.02 Å². The summed E-state index contributed by atoms with van der Waals surface area (Å²) in [6.45, 7) is 4.52. The maximum absolute atomic E-state index is 6.01. The highest BCUT2D eigenvalue weighted by molar-refractivity contribution is 7.07. The molecular formula is C20H19ClN2O2S. The fourth-order valence-corrected chi connectivity index (χ4v) is 3.61. The van der Waals surface area contributed by atoms with E-state index in [4.69, 9.17) is 26.1 Å². The van der Waals surface area contributed by atoms with Crippen molar-refractivity contribution in [3.8, 4) is 22.8 Å². The number of hydrogen-bond donors (Lipinski definition) is 0. The summed E-state index contributed by atoms with van der Waals surface area (Å²) in [6.07, 6.45) is 1.86. The largest absolute Gasteiger partial charge is 0.497 e. The molecule has 0 bridgehead atoms. The summed E-state index contributed by atoms with van der Waals surface area (Å²) in [6, 6.07) is 13.4. The Labute approximate surface area is 161 Å². The minimum atomic E-state index is 0.652. The van der Waals surface area contributed by atoms with E-state index in [9.17, 15) is 0 Å². The van der Waals surface area contributed by atoms with Gasteiger partial charge in [-0.15, -0.1) is 17.9 Å². The average molecular weight is 387 g/mol. The molecule has 0 atom stereocenters. The molecule has 6 heteroatoms. The van der Waals surface area contributed by atoms with Crippen molar-refractivity contribution in [3.05, 3.63) is 70.3 Å². The van der Waals surface area contributed by atoms with Crippen LogP contribution in [0.15, 0.2) is 65.5 Å². The molecule has 2 aromatic carbocycles. The van der Waals surface area contributed by atoms with Crippen molar-refractivity contribution in [2.75, 3.05) is 14.2 Å². The maximum Gasteiger partial charge on any atom is 0.190 e. The molecule has 0 aliphatic carbocycles. The Morgan fingerprint density at radius 3 is 2.58 bits per heavy atom. The Morgan fingerprint density at radius 2 is 1.92 bits per heavy atom. The number of thiazole rings is 1. The molecule has 3 aromatic rings. The van der Waals surface area contributed by atoms with Gasteiger partial charge in [-0.2, -0.15) is 0 Å². The Balaban J connectivity index is 2.12. The molecule has 0 fully saturated rings. The van der Waals surface area contributed by atoms with E-state index in [-0.39, 0.29) is 0 Å². The number of rotatable bonds is 6. The smallest absolute Gasteiger partial charge is 0.190 e. The van der Waals surface area contributed by atoms with E-state index >= 15 is 0 Å². The predicted octanol–water partition coefficient (Wildman–Crippen LogP) is 5.31. The highest BCUT2D eigenvalue weighted by Gasteiger charge is 2.09. The number of benzene rings is 2. The highest BCUT2D eigenvalue weighted by Crippen LogP contribution is 2.31. The van der Waals surface area contributed by atoms with Gasteiger partial charge in [0.15, 0.2) is 4.80 Å². The SMILES string of the molecule is C=CCn1c(-c2ccc(Cl)cc2)csc1=Nc1ccc(OC)cc1OC. The fraction of sp³-hybridized carbons (Fsp3) is 0.150. The van der Waals surface area contributed by atoms with E-state index in [1.807, 2.05) is 48.5 Å². The third-order valence-corrected chi connectivity index (χ3v) is 4.97. The molecule has 0 aliphatic rings. The molecule has 3 rings (SSSR count). The second kappa shape index (κ2) is 8.25. The van der Waals surface area contributed by atoms with E-state index in [0.717, 1.165) is 27.5 Å². The van der Waals surface area contributed by atoms with Gasteiger partial charge >= 0.3 is 0 Å². The summed E-state index contributed by atoms with van der Waals surface area (Å²) in [5, 5.41) is 2.80. The van der Waals surface area contributed by atoms with Gasteiger partial charge in [0.2, 0.25) is 0 Å². The lowest BCUT2D eigenvalue weighted by atomic mass is 10.2. The predicted molar refractivity (Wildman–Crippen MR) is 108 cm³/mol. The summed E-state index contributed by atoms with van der Waals surface area (Å²) in [7, 11) is 3.25. The van der Waals surface area contributed by atoms with E-state index in [2.05, 4.69) is 16.5 Å². The van der Waals surface area contributed by atoms with Crippen LogP contribution in [0.25, 0.3) is 11.3 Å². The minimum absolute atomic E-state index is 0.652. The standard InChI is InChI=1S/C20H19ClN2O2S/c1-4-11-23-18(14-5-7-15(21)8-6-14)13-26-20(23)22-17-10-9-16(24-2)12-19(17)25-3/h4-10,12-13H,1,11H2,2-3H3. The first-order valence-electron chi connectivity index (χ1n) is 7.98. The molecule has 1 aromatic heterocycles. The zero-order chi connectivity index (χ0) is 18.5. The monoisotopic (exact) mass is 386 g/mol. The van der Waals surface area contributed by atoms with Crippen molar-refractivity contribution < 1.29 is 9.47 Å². The summed E-state index contributed by atoms with van der Waals surface area (Å²) >= 11 is 7.58. The van der Waals surface area contributed by atoms with E-state index < -0.39 is 0 Å². The third kappa shape index (κ3) is 3.84. The molecule has 0 aliphatic heterocycles. The van der Waals surface area contributed by atoms with E-state index in [1.165, 1.54) is 0 Å². The van der Waals surface area contributed by atoms with Gasteiger partial charge in [-0.3, -0.25) is 0 Å². The van der Waals surface area contributed by atoms with Gasteiger partial charge < -0.3 is 14.0 Å². The van der Waals surface area contributed by atoms with Crippen LogP contribution in [-0.4, -0.2) is 18.8 Å². The maximum atomic E-state index is 6.01. The van der Waals surface area contributed by atoms with Gasteiger partial charge in [-0.25, -0.2) is 4.99 Å². The van der Waals surface area contributed by atoms with Crippen LogP contribution >= 0.6 is 22.9 Å². The minimum Gasteiger partial charge on any atom is -0.497 e. The lowest BCUT2D eigenvalue weighted by molar-refractivity contribution is 0.395. The molecular weight excluding hydrogens is 368 g/mol. The quantitative estimate of drug-likeness (QED) is 0.538. The number of ether oxygens (including phenoxy) is 2. The number of aromatic nitrogens is 1. The van der Waals surface area contributed by atoms with Crippen LogP contribution in [0.4, 0.5) is 5.69 Å². The van der Waals surface area contributed by atoms with Crippen LogP contribution in [0, 0.1) is 0 Å². The number of nitrogens with zero attached hydrogens (tertiary/aromatic N) is 2. The molecule has 0 spiro atoms. The summed E-state index contributed by atoms with van der Waals surface area (Å²) < 4.78 is 12.8. The normalized spacial score (nSPS) is 11.4. The zero-order valence-corrected chi connectivity index (χ0v) is 16.2. The second-order valence-electron chi connectivity index (χ2n) is 5.46. The van der Waals surface area contributed by atoms with Gasteiger partial charge in [-0.1, -0.05) is 29.8 Å². The van der Waals surface area contributed by atoms with Gasteiger partial charge in [0.25, 0.3) is 0 Å². The topological polar surface area (TPSA) is 35.8 Å². The zero-order valence-electron chi connectivity index (χ0n) is 14.6. The molecule has 4 nitrogen and oxygen atoms in total. The van der Waals surface area contributed by atoms with Gasteiger partial charge in [-0.05, 0) is 29.8 Å². The van der Waals surface area contributed by atoms with Crippen LogP contribution in [-0.2, 0) is 6.54 Å². The first kappa shape index (κ1) is 18.3. The van der Waals surface area contributed by atoms with Crippen molar-refractivity contribution in [2.45, 2.75) is 6.54 Å². The molecule has 0 unspecified atom stereocenters. The van der Waals surface area contributed by atoms with Crippen molar-refractivity contribution in [3.63, 3.8) is 0 Å². The number of halogens is 1. The van der Waals surface area contributed by atoms with Crippen LogP contribution in [0.5, 0.6) is 11.5 Å². The Kier molecular flexibility index (Phi) is 5.81. The van der Waals surface area contributed by atoms with Crippen molar-refractivity contribution >= 4 is 28.6 Å². The van der Waals surface area contributed by atoms with Gasteiger partial charge in [0.05, 0.1) is 19.9 Å². The Hall–Kier alpha value is -2.50. The van der Waals surface area contributed by atoms with Gasteiger partial charge in [0.1, 0.15) is 17.2 Å². The Morgan fingerprint density at radius 1 is 1.15 bits per heavy atom. The van der Waals surface area contributed by atoms with Gasteiger partial charge in [0, 0.05) is 23.0 Å². The van der Waals surface area contributed by atoms with Crippen LogP contribution < -0.4 is 14.3 Å². The molecule has 0 saturated carbocycles. The first-order chi connectivity index (χ1) is 12.7. The summed E-state index contributed by atoms with van der Waals surface area (Å²) in [5.41, 5.74) is 2.89. The van der Waals surface area contributed by atoms with Crippen molar-refractivity contribution in [1.29, 1.82) is 0 Å². The number of methoxy groups -OCH3 is 2. The van der Waals surface area contributed by atoms with Crippen molar-refractivity contribution in [2.24, 2.45) is 4.99 Å². The van der Waals surface area contributed by atoms with E-state index in [0.29, 0.717) is 17.3 Å². The second-order valence-corrected chi connectivity index (χ2v) is 6.73. The van der Waals surface area contributed by atoms with Crippen LogP contribution in [0.3, 0.4) is 0 Å². The third-order valence-electron chi connectivity index (χ3n) is 3.85. The van der Waals surface area contributed by atoms with E-state index in [1.54, 1.807) is 25.6 Å². The summed E-state index contributed by atoms with van der Waals surface area (Å²) in [4.78, 5) is 5.66. The van der Waals surface area contributed by atoms with Crippen LogP contribution in [0.1, 0.15) is 0 Å². The fourth-order valence-electron chi connectivity index (χ4n) is 2.56. The molecule has 1 heterocycles. The highest BCUT2D eigenvalue weighted by atomic mass is 35.5. The number of hydrogen-bond acceptors (Lipinski definition) is 4. The first-order valence-corrected chi connectivity index (χ1v) is 9.24. The average Bonchev–Trinajstić information content (AvgIpc) is 3.05. The summed E-state index contributed by atoms with van der Waals surface area (Å²) in [5.74, 6) is 1.39. The molecule has 0 radical (unpaired) electrons. The molecule has 0 N–H and O–H groups in total. The molecule has 0 saturated heterocycles. The molecule has 0 amide bonds.